The SMILES string of the molecule is Cc1cc(Br)cc([N+](=O)[O-])c1OCC1(O)CCCC1. The number of nitro benzene ring substituents is 1. The van der Waals surface area contributed by atoms with Crippen molar-refractivity contribution in [1.82, 2.24) is 0 Å². The zero-order valence-electron chi connectivity index (χ0n) is 10.7. The molecular weight excluding hydrogens is 314 g/mol. The zero-order chi connectivity index (χ0) is 14.0. The lowest BCUT2D eigenvalue weighted by Gasteiger charge is -2.22. The van der Waals surface area contributed by atoms with Crippen molar-refractivity contribution in [2.45, 2.75) is 38.2 Å². The van der Waals surface area contributed by atoms with Gasteiger partial charge in [-0.1, -0.05) is 28.8 Å². The molecule has 0 aromatic heterocycles. The third-order valence-electron chi connectivity index (χ3n) is 3.44. The highest BCUT2D eigenvalue weighted by molar-refractivity contribution is 9.10. The molecule has 5 nitrogen and oxygen atoms in total. The summed E-state index contributed by atoms with van der Waals surface area (Å²) >= 11 is 3.23. The summed E-state index contributed by atoms with van der Waals surface area (Å²) < 4.78 is 6.20. The lowest BCUT2D eigenvalue weighted by Crippen LogP contribution is -2.32. The molecule has 0 radical (unpaired) electrons. The van der Waals surface area contributed by atoms with Gasteiger partial charge in [-0.2, -0.15) is 0 Å². The van der Waals surface area contributed by atoms with Gasteiger partial charge in [0.2, 0.25) is 0 Å². The maximum absolute atomic E-state index is 11.0. The van der Waals surface area contributed by atoms with Crippen LogP contribution in [-0.4, -0.2) is 22.2 Å². The van der Waals surface area contributed by atoms with Crippen LogP contribution in [0.15, 0.2) is 16.6 Å². The second-order valence-electron chi connectivity index (χ2n) is 5.05. The highest BCUT2D eigenvalue weighted by Crippen LogP contribution is 2.36. The molecule has 1 aliphatic carbocycles. The Bertz CT molecular complexity index is 498. The van der Waals surface area contributed by atoms with Crippen LogP contribution in [0.1, 0.15) is 31.2 Å². The number of halogens is 1. The van der Waals surface area contributed by atoms with Gasteiger partial charge in [0.1, 0.15) is 6.61 Å². The van der Waals surface area contributed by atoms with Gasteiger partial charge in [0, 0.05) is 10.5 Å². The summed E-state index contributed by atoms with van der Waals surface area (Å²) in [7, 11) is 0. The first-order valence-electron chi connectivity index (χ1n) is 6.21. The number of hydrogen-bond acceptors (Lipinski definition) is 4. The van der Waals surface area contributed by atoms with Crippen LogP contribution in [0.2, 0.25) is 0 Å². The molecule has 2 rings (SSSR count). The van der Waals surface area contributed by atoms with Crippen LogP contribution < -0.4 is 4.74 Å². The Kier molecular flexibility index (Phi) is 4.10. The van der Waals surface area contributed by atoms with E-state index in [1.54, 1.807) is 13.0 Å². The smallest absolute Gasteiger partial charge is 0.312 e. The van der Waals surface area contributed by atoms with Crippen molar-refractivity contribution < 1.29 is 14.8 Å². The molecule has 19 heavy (non-hydrogen) atoms. The van der Waals surface area contributed by atoms with Crippen LogP contribution >= 0.6 is 15.9 Å². The molecule has 104 valence electrons. The number of aryl methyl sites for hydroxylation is 1. The van der Waals surface area contributed by atoms with E-state index in [-0.39, 0.29) is 18.0 Å². The molecule has 0 spiro atoms. The minimum Gasteiger partial charge on any atom is -0.484 e. The summed E-state index contributed by atoms with van der Waals surface area (Å²) in [6, 6.07) is 3.18. The van der Waals surface area contributed by atoms with Crippen LogP contribution in [0.4, 0.5) is 5.69 Å². The van der Waals surface area contributed by atoms with Crippen LogP contribution in [0, 0.1) is 17.0 Å². The largest absolute Gasteiger partial charge is 0.484 e. The van der Waals surface area contributed by atoms with Gasteiger partial charge in [0.15, 0.2) is 5.75 Å². The summed E-state index contributed by atoms with van der Waals surface area (Å²) in [4.78, 5) is 10.6. The fourth-order valence-electron chi connectivity index (χ4n) is 2.42. The Balaban J connectivity index is 2.21. The minimum atomic E-state index is -0.840. The number of rotatable bonds is 4. The number of nitrogens with zero attached hydrogens (tertiary/aromatic N) is 1. The van der Waals surface area contributed by atoms with E-state index in [0.29, 0.717) is 22.9 Å². The normalized spacial score (nSPS) is 17.4. The molecule has 0 bridgehead atoms. The molecule has 1 fully saturated rings. The van der Waals surface area contributed by atoms with Gasteiger partial charge < -0.3 is 9.84 Å². The van der Waals surface area contributed by atoms with E-state index in [4.69, 9.17) is 4.74 Å². The molecule has 1 aromatic rings. The zero-order valence-corrected chi connectivity index (χ0v) is 12.3. The maximum atomic E-state index is 11.0. The van der Waals surface area contributed by atoms with Gasteiger partial charge in [0.25, 0.3) is 0 Å². The Morgan fingerprint density at radius 1 is 1.47 bits per heavy atom. The predicted octanol–water partition coefficient (Wildman–Crippen LogP) is 3.35. The third kappa shape index (κ3) is 3.25. The molecule has 1 aliphatic rings. The summed E-state index contributed by atoms with van der Waals surface area (Å²) in [6.45, 7) is 1.86. The van der Waals surface area contributed by atoms with Crippen LogP contribution in [-0.2, 0) is 0 Å². The maximum Gasteiger partial charge on any atom is 0.312 e. The van der Waals surface area contributed by atoms with E-state index >= 15 is 0 Å². The standard InChI is InChI=1S/C13H16BrNO4/c1-9-6-10(14)7-11(15(17)18)12(9)19-8-13(16)4-2-3-5-13/h6-7,16H,2-5,8H2,1H3. The van der Waals surface area contributed by atoms with E-state index in [2.05, 4.69) is 15.9 Å². The number of nitro groups is 1. The van der Waals surface area contributed by atoms with Crippen LogP contribution in [0.5, 0.6) is 5.75 Å². The molecule has 0 amide bonds. The number of hydrogen-bond donors (Lipinski definition) is 1. The molecule has 0 unspecified atom stereocenters. The molecule has 1 N–H and O–H groups in total. The number of aliphatic hydroxyl groups is 1. The second-order valence-corrected chi connectivity index (χ2v) is 5.96. The molecule has 0 aliphatic heterocycles. The molecule has 1 saturated carbocycles. The predicted molar refractivity (Wildman–Crippen MR) is 74.4 cm³/mol. The molecule has 0 saturated heterocycles. The van der Waals surface area contributed by atoms with E-state index in [1.165, 1.54) is 6.07 Å². The number of ether oxygens (including phenoxy) is 1. The van der Waals surface area contributed by atoms with E-state index in [1.807, 2.05) is 0 Å². The highest BCUT2D eigenvalue weighted by atomic mass is 79.9. The first kappa shape index (κ1) is 14.3. The van der Waals surface area contributed by atoms with Crippen molar-refractivity contribution in [3.05, 3.63) is 32.3 Å². The van der Waals surface area contributed by atoms with E-state index < -0.39 is 10.5 Å². The lowest BCUT2D eigenvalue weighted by molar-refractivity contribution is -0.386. The topological polar surface area (TPSA) is 72.6 Å². The van der Waals surface area contributed by atoms with E-state index in [0.717, 1.165) is 12.8 Å². The molecular formula is C13H16BrNO4. The Hall–Kier alpha value is -1.14. The van der Waals surface area contributed by atoms with Crippen molar-refractivity contribution in [3.8, 4) is 5.75 Å². The van der Waals surface area contributed by atoms with Gasteiger partial charge in [-0.3, -0.25) is 10.1 Å². The monoisotopic (exact) mass is 329 g/mol. The second kappa shape index (κ2) is 5.46. The summed E-state index contributed by atoms with van der Waals surface area (Å²) in [5.74, 6) is 0.244. The number of benzene rings is 1. The average molecular weight is 330 g/mol. The molecule has 0 atom stereocenters. The van der Waals surface area contributed by atoms with Crippen molar-refractivity contribution >= 4 is 21.6 Å². The van der Waals surface area contributed by atoms with Gasteiger partial charge in [0.05, 0.1) is 10.5 Å². The summed E-state index contributed by atoms with van der Waals surface area (Å²) in [6.07, 6.45) is 3.33. The Morgan fingerprint density at radius 3 is 2.68 bits per heavy atom. The van der Waals surface area contributed by atoms with Crippen LogP contribution in [0.25, 0.3) is 0 Å². The minimum absolute atomic E-state index is 0.0755. The summed E-state index contributed by atoms with van der Waals surface area (Å²) in [5.41, 5.74) is -0.232. The average Bonchev–Trinajstić information content (AvgIpc) is 2.74. The van der Waals surface area contributed by atoms with Gasteiger partial charge >= 0.3 is 5.69 Å². The van der Waals surface area contributed by atoms with Crippen molar-refractivity contribution in [2.75, 3.05) is 6.61 Å². The Labute approximate surface area is 119 Å². The quantitative estimate of drug-likeness (QED) is 0.679. The molecule has 1 aromatic carbocycles. The fraction of sp³-hybridized carbons (Fsp3) is 0.538. The van der Waals surface area contributed by atoms with Gasteiger partial charge in [-0.05, 0) is 31.4 Å². The Morgan fingerprint density at radius 2 is 2.11 bits per heavy atom. The van der Waals surface area contributed by atoms with Gasteiger partial charge in [-0.25, -0.2) is 0 Å². The van der Waals surface area contributed by atoms with Crippen LogP contribution in [0.3, 0.4) is 0 Å². The lowest BCUT2D eigenvalue weighted by atomic mass is 10.0. The third-order valence-corrected chi connectivity index (χ3v) is 3.89. The molecule has 0 heterocycles. The highest BCUT2D eigenvalue weighted by Gasteiger charge is 2.33. The van der Waals surface area contributed by atoms with Crippen molar-refractivity contribution in [2.24, 2.45) is 0 Å². The fourth-order valence-corrected chi connectivity index (χ4v) is 2.98. The van der Waals surface area contributed by atoms with E-state index in [9.17, 15) is 15.2 Å². The van der Waals surface area contributed by atoms with Gasteiger partial charge in [-0.15, -0.1) is 0 Å². The first-order chi connectivity index (χ1) is 8.91. The summed E-state index contributed by atoms with van der Waals surface area (Å²) in [5, 5.41) is 21.3. The van der Waals surface area contributed by atoms with Crippen molar-refractivity contribution in [3.63, 3.8) is 0 Å². The molecule has 6 heteroatoms. The first-order valence-corrected chi connectivity index (χ1v) is 7.00. The van der Waals surface area contributed by atoms with Crippen molar-refractivity contribution in [1.29, 1.82) is 0 Å².